The molecule has 2 aromatic carbocycles. The van der Waals surface area contributed by atoms with Crippen LogP contribution in [0, 0.1) is 16.0 Å². The Morgan fingerprint density at radius 2 is 1.44 bits per heavy atom. The Morgan fingerprint density at radius 1 is 0.897 bits per heavy atom. The first-order valence-electron chi connectivity index (χ1n) is 13.5. The lowest BCUT2D eigenvalue weighted by molar-refractivity contribution is -0.384. The zero-order chi connectivity index (χ0) is 28.7. The lowest BCUT2D eigenvalue weighted by Crippen LogP contribution is -2.27. The second-order valence-corrected chi connectivity index (χ2v) is 10.1. The van der Waals surface area contributed by atoms with Crippen LogP contribution in [-0.2, 0) is 24.7 Å². The lowest BCUT2D eigenvalue weighted by Gasteiger charge is -2.33. The van der Waals surface area contributed by atoms with Crippen molar-refractivity contribution in [3.05, 3.63) is 63.2 Å². The van der Waals surface area contributed by atoms with Gasteiger partial charge in [-0.1, -0.05) is 68.9 Å². The van der Waals surface area contributed by atoms with Gasteiger partial charge in [0, 0.05) is 42.9 Å². The number of carbonyl (C=O) groups excluding carboxylic acids is 2. The molecule has 0 N–H and O–H groups in total. The van der Waals surface area contributed by atoms with E-state index in [1.807, 2.05) is 25.1 Å². The lowest BCUT2D eigenvalue weighted by atomic mass is 9.70. The molecule has 0 bridgehead atoms. The molecular formula is C30H37N3O6. The molecule has 0 spiro atoms. The average molecular weight is 536 g/mol. The summed E-state index contributed by atoms with van der Waals surface area (Å²) in [5, 5.41) is 19.8. The van der Waals surface area contributed by atoms with Crippen LogP contribution in [0.5, 0.6) is 0 Å². The molecule has 9 nitrogen and oxygen atoms in total. The molecule has 1 aliphatic carbocycles. The summed E-state index contributed by atoms with van der Waals surface area (Å²) in [6.45, 7) is 10.4. The highest BCUT2D eigenvalue weighted by Crippen LogP contribution is 2.55. The van der Waals surface area contributed by atoms with Crippen molar-refractivity contribution in [3.8, 4) is 11.1 Å². The van der Waals surface area contributed by atoms with Gasteiger partial charge in [-0.25, -0.2) is 9.59 Å². The Labute approximate surface area is 229 Å². The van der Waals surface area contributed by atoms with Gasteiger partial charge in [-0.2, -0.15) is 0 Å². The van der Waals surface area contributed by atoms with Gasteiger partial charge < -0.3 is 9.68 Å². The van der Waals surface area contributed by atoms with Crippen molar-refractivity contribution in [2.45, 2.75) is 85.5 Å². The minimum atomic E-state index is -0.560. The second-order valence-electron chi connectivity index (χ2n) is 10.1. The first-order chi connectivity index (χ1) is 18.5. The average Bonchev–Trinajstić information content (AvgIpc) is 3.17. The third-order valence-corrected chi connectivity index (χ3v) is 7.39. The van der Waals surface area contributed by atoms with E-state index in [4.69, 9.17) is 9.68 Å². The van der Waals surface area contributed by atoms with Crippen LogP contribution in [0.15, 0.2) is 46.7 Å². The Bertz CT molecular complexity index is 1310. The number of nitro benzene ring substituents is 1. The number of benzene rings is 2. The maximum absolute atomic E-state index is 11.7. The van der Waals surface area contributed by atoms with Crippen LogP contribution < -0.4 is 0 Å². The first kappa shape index (κ1) is 29.7. The summed E-state index contributed by atoms with van der Waals surface area (Å²) in [7, 11) is 0. The molecule has 0 heterocycles. The minimum Gasteiger partial charge on any atom is -0.319 e. The summed E-state index contributed by atoms with van der Waals surface area (Å²) in [5.41, 5.74) is 5.51. The first-order valence-corrected chi connectivity index (χ1v) is 13.5. The van der Waals surface area contributed by atoms with Crippen LogP contribution in [-0.4, -0.2) is 28.3 Å². The Balaban J connectivity index is 2.24. The molecule has 208 valence electrons. The smallest absolute Gasteiger partial charge is 0.319 e. The van der Waals surface area contributed by atoms with Crippen molar-refractivity contribution in [2.24, 2.45) is 16.2 Å². The number of unbranched alkanes of at least 4 members (excludes halogenated alkanes) is 2. The maximum atomic E-state index is 11.7. The summed E-state index contributed by atoms with van der Waals surface area (Å²) in [6, 6.07) is 11.2. The van der Waals surface area contributed by atoms with E-state index in [1.54, 1.807) is 19.1 Å². The maximum Gasteiger partial charge on any atom is 0.331 e. The molecule has 39 heavy (non-hydrogen) atoms. The minimum absolute atomic E-state index is 0.0854. The van der Waals surface area contributed by atoms with Crippen molar-refractivity contribution >= 4 is 29.0 Å². The predicted molar refractivity (Wildman–Crippen MR) is 151 cm³/mol. The zero-order valence-electron chi connectivity index (χ0n) is 23.6. The molecule has 0 amide bonds. The summed E-state index contributed by atoms with van der Waals surface area (Å²) in [6.07, 6.45) is 5.63. The van der Waals surface area contributed by atoms with Crippen LogP contribution in [0.4, 0.5) is 5.69 Å². The molecule has 9 heteroatoms. The predicted octanol–water partition coefficient (Wildman–Crippen LogP) is 7.08. The van der Waals surface area contributed by atoms with Crippen molar-refractivity contribution in [2.75, 3.05) is 0 Å². The van der Waals surface area contributed by atoms with E-state index in [0.717, 1.165) is 66.3 Å². The molecule has 0 radical (unpaired) electrons. The Hall–Kier alpha value is -3.88. The number of nitro groups is 1. The fourth-order valence-corrected chi connectivity index (χ4v) is 5.29. The van der Waals surface area contributed by atoms with Gasteiger partial charge in [0.15, 0.2) is 0 Å². The van der Waals surface area contributed by atoms with E-state index in [-0.39, 0.29) is 10.6 Å². The number of nitrogens with zero attached hydrogens (tertiary/aromatic N) is 3. The Kier molecular flexibility index (Phi) is 9.72. The molecule has 0 aliphatic heterocycles. The van der Waals surface area contributed by atoms with Gasteiger partial charge >= 0.3 is 11.9 Å². The van der Waals surface area contributed by atoms with E-state index >= 15 is 0 Å². The van der Waals surface area contributed by atoms with Crippen LogP contribution in [0.1, 0.15) is 96.8 Å². The van der Waals surface area contributed by atoms with Gasteiger partial charge in [0.2, 0.25) is 0 Å². The number of hydrogen-bond acceptors (Lipinski definition) is 8. The summed E-state index contributed by atoms with van der Waals surface area (Å²) in [4.78, 5) is 44.3. The number of fused-ring (bicyclic) bond motifs is 3. The molecular weight excluding hydrogens is 498 g/mol. The number of hydrogen-bond donors (Lipinski definition) is 0. The second kappa shape index (κ2) is 12.8. The fourth-order valence-electron chi connectivity index (χ4n) is 5.29. The van der Waals surface area contributed by atoms with Crippen molar-refractivity contribution < 1.29 is 24.2 Å². The highest BCUT2D eigenvalue weighted by molar-refractivity contribution is 6.14. The highest BCUT2D eigenvalue weighted by atomic mass is 16.7. The van der Waals surface area contributed by atoms with Crippen molar-refractivity contribution in [3.63, 3.8) is 0 Å². The molecule has 0 saturated carbocycles. The van der Waals surface area contributed by atoms with Crippen LogP contribution >= 0.6 is 0 Å². The summed E-state index contributed by atoms with van der Waals surface area (Å²) < 4.78 is 0. The van der Waals surface area contributed by atoms with Crippen molar-refractivity contribution in [1.82, 2.24) is 0 Å². The monoisotopic (exact) mass is 535 g/mol. The number of carbonyl (C=O) groups is 2. The number of non-ortho nitro benzene ring substituents is 1. The zero-order valence-corrected chi connectivity index (χ0v) is 23.6. The molecule has 2 aromatic rings. The van der Waals surface area contributed by atoms with E-state index < -0.39 is 23.3 Å². The molecule has 1 unspecified atom stereocenters. The van der Waals surface area contributed by atoms with Crippen molar-refractivity contribution in [1.29, 1.82) is 0 Å². The van der Waals surface area contributed by atoms with Gasteiger partial charge in [-0.05, 0) is 54.2 Å². The summed E-state index contributed by atoms with van der Waals surface area (Å²) in [5.74, 6) is -1.54. The summed E-state index contributed by atoms with van der Waals surface area (Å²) >= 11 is 0. The Morgan fingerprint density at radius 3 is 1.97 bits per heavy atom. The van der Waals surface area contributed by atoms with E-state index in [2.05, 4.69) is 30.2 Å². The molecule has 0 saturated heterocycles. The van der Waals surface area contributed by atoms with E-state index in [1.165, 1.54) is 13.8 Å². The molecule has 0 aromatic heterocycles. The molecule has 0 fully saturated rings. The standard InChI is InChI=1S/C30H37N3O6/c1-7-9-15-30(16-10-8-2)27-17-23(11-13-25(27)26-14-12-24(33(36)37)18-28(26)30)29(32-39-22(6)35)19(3)20(4)31-38-21(5)34/h11-14,17-19H,7-10,15-16H2,1-6H3/b31-20+,32-29-. The van der Waals surface area contributed by atoms with Crippen LogP contribution in [0.2, 0.25) is 0 Å². The van der Waals surface area contributed by atoms with E-state index in [9.17, 15) is 19.7 Å². The van der Waals surface area contributed by atoms with Gasteiger partial charge in [0.25, 0.3) is 5.69 Å². The van der Waals surface area contributed by atoms with Gasteiger partial charge in [-0.3, -0.25) is 10.1 Å². The van der Waals surface area contributed by atoms with Gasteiger partial charge in [0.05, 0.1) is 16.3 Å². The SMILES string of the molecule is CCCCC1(CCCC)c2cc(/C(=N\OC(C)=O)C(C)/C(C)=N/OC(C)=O)ccc2-c2ccc([N+](=O)[O-])cc21. The number of oxime groups is 2. The van der Waals surface area contributed by atoms with Crippen LogP contribution in [0.3, 0.4) is 0 Å². The third kappa shape index (κ3) is 6.41. The highest BCUT2D eigenvalue weighted by Gasteiger charge is 2.43. The fraction of sp³-hybridized carbons (Fsp3) is 0.467. The van der Waals surface area contributed by atoms with Crippen LogP contribution in [0.25, 0.3) is 11.1 Å². The quantitative estimate of drug-likeness (QED) is 0.124. The third-order valence-electron chi connectivity index (χ3n) is 7.39. The largest absolute Gasteiger partial charge is 0.331 e. The van der Waals surface area contributed by atoms with Gasteiger partial charge in [-0.15, -0.1) is 0 Å². The van der Waals surface area contributed by atoms with E-state index in [0.29, 0.717) is 11.4 Å². The number of rotatable bonds is 12. The topological polar surface area (TPSA) is 120 Å². The normalized spacial score (nSPS) is 14.8. The van der Waals surface area contributed by atoms with Gasteiger partial charge in [0.1, 0.15) is 0 Å². The molecule has 3 rings (SSSR count). The molecule has 1 atom stereocenters. The molecule has 1 aliphatic rings.